The Balaban J connectivity index is 1.67. The maximum absolute atomic E-state index is 12.6. The third-order valence-corrected chi connectivity index (χ3v) is 5.99. The molecule has 0 radical (unpaired) electrons. The topological polar surface area (TPSA) is 79.4 Å². The van der Waals surface area contributed by atoms with E-state index in [1.807, 2.05) is 4.90 Å². The Bertz CT molecular complexity index is 851. The lowest BCUT2D eigenvalue weighted by atomic mass is 9.99. The molecule has 1 aromatic carbocycles. The number of piperidine rings is 1. The van der Waals surface area contributed by atoms with Gasteiger partial charge in [-0.3, -0.25) is 9.78 Å². The van der Waals surface area contributed by atoms with E-state index in [4.69, 9.17) is 0 Å². The molecule has 1 saturated heterocycles. The Kier molecular flexibility index (Phi) is 5.68. The molecule has 1 atom stereocenters. The molecule has 1 aromatic heterocycles. The van der Waals surface area contributed by atoms with Gasteiger partial charge in [-0.1, -0.05) is 6.92 Å². The van der Waals surface area contributed by atoms with E-state index in [0.29, 0.717) is 11.5 Å². The van der Waals surface area contributed by atoms with E-state index in [2.05, 4.69) is 16.6 Å². The quantitative estimate of drug-likeness (QED) is 0.873. The van der Waals surface area contributed by atoms with Crippen LogP contribution in [-0.2, 0) is 16.6 Å². The SMILES string of the molecule is CC1CCCN(C(=O)c2ccc(S(=O)(=O)NCc3ccncc3)cc2)C1. The fourth-order valence-electron chi connectivity index (χ4n) is 3.10. The molecule has 1 fully saturated rings. The molecule has 1 unspecified atom stereocenters. The van der Waals surface area contributed by atoms with Crippen LogP contribution in [0.25, 0.3) is 0 Å². The molecule has 1 aliphatic rings. The average molecular weight is 373 g/mol. The van der Waals surface area contributed by atoms with Gasteiger partial charge in [-0.2, -0.15) is 0 Å². The number of sulfonamides is 1. The number of amides is 1. The highest BCUT2D eigenvalue weighted by Crippen LogP contribution is 2.19. The van der Waals surface area contributed by atoms with Gasteiger partial charge in [0.25, 0.3) is 5.91 Å². The summed E-state index contributed by atoms with van der Waals surface area (Å²) in [6, 6.07) is 9.64. The summed E-state index contributed by atoms with van der Waals surface area (Å²) in [6.07, 6.45) is 5.39. The van der Waals surface area contributed by atoms with Crippen LogP contribution >= 0.6 is 0 Å². The number of nitrogens with one attached hydrogen (secondary N) is 1. The van der Waals surface area contributed by atoms with Crippen LogP contribution in [0.2, 0.25) is 0 Å². The number of carbonyl (C=O) groups is 1. The predicted octanol–water partition coefficient (Wildman–Crippen LogP) is 2.43. The first-order valence-electron chi connectivity index (χ1n) is 8.73. The Morgan fingerprint density at radius 3 is 2.54 bits per heavy atom. The lowest BCUT2D eigenvalue weighted by Gasteiger charge is -2.31. The van der Waals surface area contributed by atoms with Gasteiger partial charge in [0.05, 0.1) is 4.90 Å². The predicted molar refractivity (Wildman–Crippen MR) is 99.0 cm³/mol. The first kappa shape index (κ1) is 18.5. The van der Waals surface area contributed by atoms with Crippen LogP contribution in [0.15, 0.2) is 53.7 Å². The summed E-state index contributed by atoms with van der Waals surface area (Å²) >= 11 is 0. The van der Waals surface area contributed by atoms with E-state index in [-0.39, 0.29) is 17.3 Å². The zero-order chi connectivity index (χ0) is 18.6. The van der Waals surface area contributed by atoms with Crippen LogP contribution in [0.1, 0.15) is 35.7 Å². The molecule has 2 heterocycles. The van der Waals surface area contributed by atoms with Gasteiger partial charge in [0, 0.05) is 37.6 Å². The maximum Gasteiger partial charge on any atom is 0.253 e. The van der Waals surface area contributed by atoms with Crippen molar-refractivity contribution >= 4 is 15.9 Å². The van der Waals surface area contributed by atoms with Gasteiger partial charge in [-0.05, 0) is 60.7 Å². The summed E-state index contributed by atoms with van der Waals surface area (Å²) < 4.78 is 27.4. The lowest BCUT2D eigenvalue weighted by Crippen LogP contribution is -2.39. The Hall–Kier alpha value is -2.25. The van der Waals surface area contributed by atoms with Gasteiger partial charge in [-0.15, -0.1) is 0 Å². The molecular formula is C19H23N3O3S. The second kappa shape index (κ2) is 7.97. The van der Waals surface area contributed by atoms with Crippen molar-refractivity contribution in [2.45, 2.75) is 31.2 Å². The van der Waals surface area contributed by atoms with Crippen LogP contribution in [-0.4, -0.2) is 37.3 Å². The van der Waals surface area contributed by atoms with E-state index in [1.165, 1.54) is 12.1 Å². The molecule has 2 aromatic rings. The molecule has 7 heteroatoms. The fourth-order valence-corrected chi connectivity index (χ4v) is 4.11. The normalized spacial score (nSPS) is 17.9. The molecule has 26 heavy (non-hydrogen) atoms. The second-order valence-electron chi connectivity index (χ2n) is 6.70. The van der Waals surface area contributed by atoms with Gasteiger partial charge in [-0.25, -0.2) is 13.1 Å². The number of carbonyl (C=O) groups excluding carboxylic acids is 1. The number of aromatic nitrogens is 1. The van der Waals surface area contributed by atoms with Crippen molar-refractivity contribution in [1.29, 1.82) is 0 Å². The molecule has 6 nitrogen and oxygen atoms in total. The first-order valence-corrected chi connectivity index (χ1v) is 10.2. The second-order valence-corrected chi connectivity index (χ2v) is 8.47. The zero-order valence-electron chi connectivity index (χ0n) is 14.8. The highest BCUT2D eigenvalue weighted by molar-refractivity contribution is 7.89. The van der Waals surface area contributed by atoms with E-state index < -0.39 is 10.0 Å². The maximum atomic E-state index is 12.6. The smallest absolute Gasteiger partial charge is 0.253 e. The molecule has 1 amide bonds. The van der Waals surface area contributed by atoms with Crippen molar-refractivity contribution in [3.05, 3.63) is 59.9 Å². The third-order valence-electron chi connectivity index (χ3n) is 4.57. The number of hydrogen-bond acceptors (Lipinski definition) is 4. The molecule has 0 bridgehead atoms. The minimum Gasteiger partial charge on any atom is -0.338 e. The van der Waals surface area contributed by atoms with Gasteiger partial charge in [0.2, 0.25) is 10.0 Å². The van der Waals surface area contributed by atoms with Crippen molar-refractivity contribution in [2.75, 3.05) is 13.1 Å². The fraction of sp³-hybridized carbons (Fsp3) is 0.368. The van der Waals surface area contributed by atoms with E-state index in [0.717, 1.165) is 31.5 Å². The summed E-state index contributed by atoms with van der Waals surface area (Å²) in [4.78, 5) is 18.5. The molecule has 138 valence electrons. The summed E-state index contributed by atoms with van der Waals surface area (Å²) in [7, 11) is -3.63. The molecule has 0 saturated carbocycles. The van der Waals surface area contributed by atoms with Gasteiger partial charge >= 0.3 is 0 Å². The summed E-state index contributed by atoms with van der Waals surface area (Å²) in [6.45, 7) is 3.85. The summed E-state index contributed by atoms with van der Waals surface area (Å²) in [5.74, 6) is 0.468. The molecule has 1 aliphatic heterocycles. The first-order chi connectivity index (χ1) is 12.5. The monoisotopic (exact) mass is 373 g/mol. The Labute approximate surface area is 154 Å². The average Bonchev–Trinajstić information content (AvgIpc) is 2.67. The summed E-state index contributed by atoms with van der Waals surface area (Å²) in [5.41, 5.74) is 1.35. The molecular weight excluding hydrogens is 350 g/mol. The minimum absolute atomic E-state index is 0.0368. The van der Waals surface area contributed by atoms with Crippen molar-refractivity contribution in [1.82, 2.24) is 14.6 Å². The van der Waals surface area contributed by atoms with Crippen LogP contribution < -0.4 is 4.72 Å². The van der Waals surface area contributed by atoms with Gasteiger partial charge in [0.15, 0.2) is 0 Å². The van der Waals surface area contributed by atoms with E-state index in [1.54, 1.807) is 36.7 Å². The molecule has 0 spiro atoms. The number of benzene rings is 1. The van der Waals surface area contributed by atoms with Crippen LogP contribution in [0.4, 0.5) is 0 Å². The standard InChI is InChI=1S/C19H23N3O3S/c1-15-3-2-12-22(14-15)19(23)17-4-6-18(7-5-17)26(24,25)21-13-16-8-10-20-11-9-16/h4-11,15,21H,2-3,12-14H2,1H3. The van der Waals surface area contributed by atoms with Crippen LogP contribution in [0.3, 0.4) is 0 Å². The van der Waals surface area contributed by atoms with E-state index >= 15 is 0 Å². The number of hydrogen-bond donors (Lipinski definition) is 1. The Morgan fingerprint density at radius 2 is 1.88 bits per heavy atom. The summed E-state index contributed by atoms with van der Waals surface area (Å²) in [5, 5.41) is 0. The molecule has 0 aliphatic carbocycles. The third kappa shape index (κ3) is 4.47. The van der Waals surface area contributed by atoms with E-state index in [9.17, 15) is 13.2 Å². The zero-order valence-corrected chi connectivity index (χ0v) is 15.6. The van der Waals surface area contributed by atoms with Gasteiger partial charge < -0.3 is 4.90 Å². The van der Waals surface area contributed by atoms with Crippen molar-refractivity contribution < 1.29 is 13.2 Å². The van der Waals surface area contributed by atoms with Crippen LogP contribution in [0, 0.1) is 5.92 Å². The van der Waals surface area contributed by atoms with Gasteiger partial charge in [0.1, 0.15) is 0 Å². The number of pyridine rings is 1. The lowest BCUT2D eigenvalue weighted by molar-refractivity contribution is 0.0683. The molecule has 1 N–H and O–H groups in total. The largest absolute Gasteiger partial charge is 0.338 e. The van der Waals surface area contributed by atoms with Crippen molar-refractivity contribution in [2.24, 2.45) is 5.92 Å². The highest BCUT2D eigenvalue weighted by atomic mass is 32.2. The van der Waals surface area contributed by atoms with Crippen LogP contribution in [0.5, 0.6) is 0 Å². The Morgan fingerprint density at radius 1 is 1.19 bits per heavy atom. The number of nitrogens with zero attached hydrogens (tertiary/aromatic N) is 2. The number of likely N-dealkylation sites (tertiary alicyclic amines) is 1. The number of rotatable bonds is 5. The van der Waals surface area contributed by atoms with Crippen molar-refractivity contribution in [3.8, 4) is 0 Å². The molecule has 3 rings (SSSR count). The van der Waals surface area contributed by atoms with Crippen molar-refractivity contribution in [3.63, 3.8) is 0 Å². The highest BCUT2D eigenvalue weighted by Gasteiger charge is 2.22. The minimum atomic E-state index is -3.63.